The van der Waals surface area contributed by atoms with Gasteiger partial charge in [0.05, 0.1) is 6.54 Å². The number of oxime groups is 1. The zero-order valence-electron chi connectivity index (χ0n) is 27.3. The van der Waals surface area contributed by atoms with Crippen LogP contribution in [0.25, 0.3) is 0 Å². The molecule has 7 N–H and O–H groups in total. The molecule has 0 aliphatic carbocycles. The number of fused-ring (bicyclic) bond motifs is 1. The van der Waals surface area contributed by atoms with Crippen molar-refractivity contribution in [3.05, 3.63) is 52.4 Å². The van der Waals surface area contributed by atoms with Gasteiger partial charge in [-0.1, -0.05) is 12.1 Å². The van der Waals surface area contributed by atoms with Crippen molar-refractivity contribution in [1.29, 1.82) is 0 Å². The number of carboxylic acids is 1. The Morgan fingerprint density at radius 3 is 2.51 bits per heavy atom. The van der Waals surface area contributed by atoms with Gasteiger partial charge in [0.25, 0.3) is 11.8 Å². The van der Waals surface area contributed by atoms with E-state index in [9.17, 15) is 29.1 Å². The van der Waals surface area contributed by atoms with Crippen LogP contribution >= 0.6 is 23.1 Å². The molecule has 1 saturated heterocycles. The second-order valence-corrected chi connectivity index (χ2v) is 14.0. The number of pyridine rings is 1. The molecule has 0 aromatic carbocycles. The van der Waals surface area contributed by atoms with E-state index < -0.39 is 52.9 Å². The number of carbonyl (C=O) groups excluding carboxylic acids is 4. The maximum Gasteiger partial charge on any atom is 0.407 e. The minimum atomic E-state index is -1.26. The van der Waals surface area contributed by atoms with Crippen LogP contribution in [0.15, 0.2) is 46.3 Å². The van der Waals surface area contributed by atoms with Crippen LogP contribution in [0.5, 0.6) is 0 Å². The van der Waals surface area contributed by atoms with Gasteiger partial charge in [0.1, 0.15) is 34.5 Å². The lowest BCUT2D eigenvalue weighted by Crippen LogP contribution is -3.00. The Bertz CT molecular complexity index is 1630. The summed E-state index contributed by atoms with van der Waals surface area (Å²) in [6, 6.07) is 2.61. The first-order chi connectivity index (χ1) is 22.7. The second kappa shape index (κ2) is 17.1. The first kappa shape index (κ1) is 39.5. The van der Waals surface area contributed by atoms with Gasteiger partial charge in [-0.3, -0.25) is 19.3 Å². The summed E-state index contributed by atoms with van der Waals surface area (Å²) in [5.41, 5.74) is 11.5. The number of primary amides is 1. The Morgan fingerprint density at radius 1 is 1.24 bits per heavy atom. The Labute approximate surface area is 308 Å². The molecule has 49 heavy (non-hydrogen) atoms. The van der Waals surface area contributed by atoms with Crippen molar-refractivity contribution in [1.82, 2.24) is 20.5 Å². The highest BCUT2D eigenvalue weighted by Crippen LogP contribution is 2.40. The molecule has 2 aromatic heterocycles. The average Bonchev–Trinajstić information content (AvgIpc) is 3.45. The number of nitrogens with one attached hydrogen (secondary N) is 2. The molecule has 4 amide bonds. The number of β-lactam (4-membered cyclic amide) rings is 1. The minimum Gasteiger partial charge on any atom is -1.00 e. The van der Waals surface area contributed by atoms with Gasteiger partial charge in [0, 0.05) is 35.3 Å². The lowest BCUT2D eigenvalue weighted by atomic mass is 10.0. The van der Waals surface area contributed by atoms with Crippen molar-refractivity contribution in [3.63, 3.8) is 0 Å². The number of ether oxygens (including phenoxy) is 1. The van der Waals surface area contributed by atoms with Crippen LogP contribution in [0.1, 0.15) is 51.8 Å². The van der Waals surface area contributed by atoms with Gasteiger partial charge in [0.15, 0.2) is 29.8 Å². The molecule has 4 rings (SSSR count). The number of nitrogen functional groups attached to an aromatic ring is 1. The molecule has 4 heterocycles. The van der Waals surface area contributed by atoms with Gasteiger partial charge in [0.2, 0.25) is 5.91 Å². The van der Waals surface area contributed by atoms with E-state index in [4.69, 9.17) is 21.0 Å². The third-order valence-corrected chi connectivity index (χ3v) is 9.14. The van der Waals surface area contributed by atoms with Crippen LogP contribution in [0.2, 0.25) is 0 Å². The van der Waals surface area contributed by atoms with Gasteiger partial charge < -0.3 is 60.8 Å². The number of aromatic nitrogens is 2. The summed E-state index contributed by atoms with van der Waals surface area (Å²) >= 11 is 2.41. The van der Waals surface area contributed by atoms with E-state index >= 15 is 0 Å². The molecule has 16 nitrogen and oxygen atoms in total. The van der Waals surface area contributed by atoms with E-state index in [1.165, 1.54) is 22.0 Å². The quantitative estimate of drug-likeness (QED) is 0.0455. The number of rotatable bonds is 14. The lowest BCUT2D eigenvalue weighted by Gasteiger charge is -2.49. The number of nitrogens with two attached hydrogens (primary N) is 2. The highest BCUT2D eigenvalue weighted by atomic mass is 127. The molecule has 0 bridgehead atoms. The largest absolute Gasteiger partial charge is 1.00 e. The first-order valence-corrected chi connectivity index (χ1v) is 17.0. The van der Waals surface area contributed by atoms with Crippen molar-refractivity contribution in [3.8, 4) is 0 Å². The van der Waals surface area contributed by atoms with Gasteiger partial charge >= 0.3 is 12.1 Å². The molecular weight excluding hydrogens is 791 g/mol. The zero-order chi connectivity index (χ0) is 35.2. The Balaban J connectivity index is 0.00000650. The molecule has 0 spiro atoms. The van der Waals surface area contributed by atoms with E-state index in [1.807, 2.05) is 12.1 Å². The fourth-order valence-corrected chi connectivity index (χ4v) is 6.64. The van der Waals surface area contributed by atoms with Crippen LogP contribution < -0.4 is 50.6 Å². The van der Waals surface area contributed by atoms with Gasteiger partial charge in [-0.2, -0.15) is 0 Å². The van der Waals surface area contributed by atoms with Crippen molar-refractivity contribution < 1.29 is 67.2 Å². The van der Waals surface area contributed by atoms with Gasteiger partial charge in [-0.05, 0) is 39.2 Å². The molecule has 2 unspecified atom stereocenters. The van der Waals surface area contributed by atoms with E-state index in [2.05, 4.69) is 20.8 Å². The molecule has 0 radical (unpaired) electrons. The number of anilines is 1. The molecule has 2 aliphatic rings. The molecule has 3 atom stereocenters. The summed E-state index contributed by atoms with van der Waals surface area (Å²) in [4.78, 5) is 73.3. The third kappa shape index (κ3) is 10.5. The number of alkyl carbamates (subject to hydrolysis) is 1. The SMILES string of the molecule is CCC(CNC(=O)OC(C)(C)C)ON=C(C(=O)NC1C(=O)N2C(C(=O)O)=C(C[n+]3ccc(CCC(N)=O)cc3)CS[C@@H]12)c1csc(N)n1.[I-]. The number of halogens is 1. The number of amides is 4. The molecule has 266 valence electrons. The molecular formula is C30H39IN8O8S2. The Morgan fingerprint density at radius 2 is 1.94 bits per heavy atom. The fraction of sp³-hybridized carbons (Fsp3) is 0.467. The van der Waals surface area contributed by atoms with Crippen LogP contribution in [-0.4, -0.2) is 85.9 Å². The normalized spacial score (nSPS) is 18.0. The summed E-state index contributed by atoms with van der Waals surface area (Å²) in [6.07, 6.45) is 3.41. The zero-order valence-corrected chi connectivity index (χ0v) is 31.1. The predicted octanol–water partition coefficient (Wildman–Crippen LogP) is -2.10. The number of carbonyl (C=O) groups is 5. The van der Waals surface area contributed by atoms with Crippen LogP contribution in [-0.2, 0) is 41.7 Å². The number of aliphatic carboxylic acids is 1. The number of aryl methyl sites for hydroxylation is 1. The van der Waals surface area contributed by atoms with Crippen LogP contribution in [0, 0.1) is 0 Å². The summed E-state index contributed by atoms with van der Waals surface area (Å²) in [7, 11) is 0. The molecule has 0 saturated carbocycles. The first-order valence-electron chi connectivity index (χ1n) is 15.1. The molecule has 1 fully saturated rings. The number of nitrogens with zero attached hydrogens (tertiary/aromatic N) is 4. The Hall–Kier alpha value is -3.98. The number of hydrogen-bond acceptors (Lipinski definition) is 12. The molecule has 2 aliphatic heterocycles. The second-order valence-electron chi connectivity index (χ2n) is 12.0. The Kier molecular flexibility index (Phi) is 13.8. The van der Waals surface area contributed by atoms with Crippen LogP contribution in [0.3, 0.4) is 0 Å². The summed E-state index contributed by atoms with van der Waals surface area (Å²) < 4.78 is 7.03. The monoisotopic (exact) mass is 830 g/mol. The number of thiazole rings is 1. The van der Waals surface area contributed by atoms with E-state index in [-0.39, 0.29) is 65.7 Å². The van der Waals surface area contributed by atoms with Gasteiger partial charge in [-0.25, -0.2) is 19.1 Å². The van der Waals surface area contributed by atoms with Gasteiger partial charge in [-0.15, -0.1) is 23.1 Å². The van der Waals surface area contributed by atoms with Crippen molar-refractivity contribution in [2.45, 2.75) is 76.6 Å². The van der Waals surface area contributed by atoms with E-state index in [0.717, 1.165) is 16.9 Å². The van der Waals surface area contributed by atoms with Crippen molar-refractivity contribution in [2.75, 3.05) is 18.0 Å². The third-order valence-electron chi connectivity index (χ3n) is 7.13. The topological polar surface area (TPSA) is 233 Å². The maximum atomic E-state index is 13.5. The molecule has 19 heteroatoms. The highest BCUT2D eigenvalue weighted by molar-refractivity contribution is 8.00. The number of carboxylic acid groups (broad SMARTS) is 1. The van der Waals surface area contributed by atoms with Crippen LogP contribution in [0.4, 0.5) is 9.93 Å². The van der Waals surface area contributed by atoms with Crippen molar-refractivity contribution >= 4 is 63.7 Å². The number of thioether (sulfide) groups is 1. The number of hydrogen-bond donors (Lipinski definition) is 5. The van der Waals surface area contributed by atoms with E-state index in [0.29, 0.717) is 24.2 Å². The molecule has 2 aromatic rings. The van der Waals surface area contributed by atoms with E-state index in [1.54, 1.807) is 44.7 Å². The summed E-state index contributed by atoms with van der Waals surface area (Å²) in [5, 5.41) is 20.4. The average molecular weight is 831 g/mol. The smallest absolute Gasteiger partial charge is 0.407 e. The minimum absolute atomic E-state index is 0. The predicted molar refractivity (Wildman–Crippen MR) is 176 cm³/mol. The standard InChI is InChI=1S/C30H38N8O8S2.HI/c1-5-18(12-33-29(44)45-30(2,3)4)46-36-21(19-15-48-28(32)34-19)24(40)35-22-25(41)38-23(27(42)43)17(14-47-26(22)38)13-37-10-8-16(9-11-37)6-7-20(31)39;/h8-11,15,18,22,26H,5-7,12-14H2,1-4H3,(H6-,31,32,33,34,35,39,40,42,43,44);1H/t18?,22?,26-;/m0./s1. The lowest BCUT2D eigenvalue weighted by molar-refractivity contribution is -0.689. The fourth-order valence-electron chi connectivity index (χ4n) is 4.76. The summed E-state index contributed by atoms with van der Waals surface area (Å²) in [5.74, 6) is -2.72. The summed E-state index contributed by atoms with van der Waals surface area (Å²) in [6.45, 7) is 7.28. The highest BCUT2D eigenvalue weighted by Gasteiger charge is 2.54. The van der Waals surface area contributed by atoms with Crippen molar-refractivity contribution in [2.24, 2.45) is 10.9 Å². The maximum absolute atomic E-state index is 13.5.